The topological polar surface area (TPSA) is 166 Å². The molecule has 4 amide bonds. The summed E-state index contributed by atoms with van der Waals surface area (Å²) >= 11 is 0. The number of quaternary nitrogens is 1. The molecular formula is C25H48N5O8S+. The first-order chi connectivity index (χ1) is 18.4. The van der Waals surface area contributed by atoms with Crippen molar-refractivity contribution in [2.24, 2.45) is 0 Å². The molecule has 2 heterocycles. The number of nitrogens with one attached hydrogen (secondary N) is 2. The molecule has 0 radical (unpaired) electrons. The van der Waals surface area contributed by atoms with Gasteiger partial charge in [-0.15, -0.1) is 4.28 Å². The lowest BCUT2D eigenvalue weighted by Crippen LogP contribution is -2.67. The van der Waals surface area contributed by atoms with Crippen molar-refractivity contribution in [2.75, 3.05) is 26.2 Å². The minimum atomic E-state index is -4.96. The van der Waals surface area contributed by atoms with Crippen LogP contribution in [0.25, 0.3) is 0 Å². The Morgan fingerprint density at radius 1 is 1.05 bits per heavy atom. The van der Waals surface area contributed by atoms with Gasteiger partial charge in [-0.05, 0) is 38.5 Å². The lowest BCUT2D eigenvalue weighted by Gasteiger charge is -2.50. The number of carbonyl (C=O) groups is 3. The molecule has 4 N–H and O–H groups in total. The fourth-order valence-corrected chi connectivity index (χ4v) is 6.69. The van der Waals surface area contributed by atoms with E-state index in [9.17, 15) is 27.4 Å². The van der Waals surface area contributed by atoms with E-state index in [1.165, 1.54) is 4.90 Å². The Kier molecular flexibility index (Phi) is 12.3. The molecule has 14 heteroatoms. The summed E-state index contributed by atoms with van der Waals surface area (Å²) in [5.74, 6) is -0.661. The highest BCUT2D eigenvalue weighted by Crippen LogP contribution is 2.43. The van der Waals surface area contributed by atoms with Crippen LogP contribution < -0.4 is 10.9 Å². The largest absolute Gasteiger partial charge is 0.464 e. The number of piperidine rings is 1. The van der Waals surface area contributed by atoms with Gasteiger partial charge in [-0.1, -0.05) is 53.4 Å². The number of unbranched alkanes of at least 4 members (excludes halogenated alkanes) is 3. The number of hydrazine groups is 1. The molecule has 0 aromatic rings. The van der Waals surface area contributed by atoms with Gasteiger partial charge in [0.1, 0.15) is 5.54 Å². The van der Waals surface area contributed by atoms with E-state index in [1.807, 2.05) is 5.43 Å². The summed E-state index contributed by atoms with van der Waals surface area (Å²) in [5.41, 5.74) is 2.77. The number of hydrogen-bond acceptors (Lipinski definition) is 6. The van der Waals surface area contributed by atoms with Crippen molar-refractivity contribution in [1.82, 2.24) is 20.8 Å². The maximum Gasteiger partial charge on any atom is 0.423 e. The van der Waals surface area contributed by atoms with Crippen molar-refractivity contribution in [3.05, 3.63) is 0 Å². The predicted molar refractivity (Wildman–Crippen MR) is 145 cm³/mol. The first-order valence-electron chi connectivity index (χ1n) is 14.3. The molecule has 2 saturated heterocycles. The zero-order valence-electron chi connectivity index (χ0n) is 23.9. The van der Waals surface area contributed by atoms with Gasteiger partial charge in [-0.25, -0.2) is 15.0 Å². The van der Waals surface area contributed by atoms with Crippen molar-refractivity contribution in [2.45, 2.75) is 116 Å². The standard InChI is InChI=1S/C25H47N5O8S/c1-5-9-15-30(16-10-6-2,17-11-7-3)21(12-8-4)18-25(22(31)26-27-23(32)33)14-13-20-19-28(25)24(34)29(20)38-39(35,36)37/h20-21,27H,5-19H2,1-4H3,(H2-,26,31,32,33,35,36,37)/p+1/t20-,21?,25+/m1/s1. The minimum absolute atomic E-state index is 0.0103. The van der Waals surface area contributed by atoms with Gasteiger partial charge in [0.05, 0.1) is 31.7 Å². The van der Waals surface area contributed by atoms with Crippen LogP contribution >= 0.6 is 0 Å². The summed E-state index contributed by atoms with van der Waals surface area (Å²) in [5, 5.41) is 9.77. The second-order valence-corrected chi connectivity index (χ2v) is 11.9. The summed E-state index contributed by atoms with van der Waals surface area (Å²) < 4.78 is 37.6. The molecule has 2 bridgehead atoms. The van der Waals surface area contributed by atoms with Crippen molar-refractivity contribution < 1.29 is 41.2 Å². The Morgan fingerprint density at radius 2 is 1.62 bits per heavy atom. The van der Waals surface area contributed by atoms with Gasteiger partial charge >= 0.3 is 22.5 Å². The Labute approximate surface area is 232 Å². The maximum absolute atomic E-state index is 13.8. The molecule has 3 atom stereocenters. The third-order valence-corrected chi connectivity index (χ3v) is 8.62. The van der Waals surface area contributed by atoms with Crippen LogP contribution in [-0.2, 0) is 19.5 Å². The zero-order chi connectivity index (χ0) is 29.3. The van der Waals surface area contributed by atoms with Crippen LogP contribution in [0.3, 0.4) is 0 Å². The number of urea groups is 1. The second kappa shape index (κ2) is 14.5. The van der Waals surface area contributed by atoms with Gasteiger partial charge < -0.3 is 14.5 Å². The Morgan fingerprint density at radius 3 is 2.08 bits per heavy atom. The van der Waals surface area contributed by atoms with E-state index in [1.54, 1.807) is 0 Å². The van der Waals surface area contributed by atoms with E-state index < -0.39 is 40.0 Å². The van der Waals surface area contributed by atoms with Gasteiger partial charge in [0, 0.05) is 13.0 Å². The van der Waals surface area contributed by atoms with E-state index in [0.29, 0.717) is 11.5 Å². The fourth-order valence-electron chi connectivity index (χ4n) is 6.30. The number of fused-ring (bicyclic) bond motifs is 2. The van der Waals surface area contributed by atoms with Crippen LogP contribution in [0.1, 0.15) is 98.3 Å². The van der Waals surface area contributed by atoms with Crippen molar-refractivity contribution in [1.29, 1.82) is 0 Å². The van der Waals surface area contributed by atoms with E-state index >= 15 is 0 Å². The van der Waals surface area contributed by atoms with Gasteiger partial charge in [0.15, 0.2) is 0 Å². The molecule has 2 fully saturated rings. The first kappa shape index (κ1) is 33.0. The lowest BCUT2D eigenvalue weighted by atomic mass is 9.78. The normalized spacial score (nSPS) is 22.2. The summed E-state index contributed by atoms with van der Waals surface area (Å²) in [6.45, 7) is 11.4. The number of hydrogen-bond donors (Lipinski definition) is 4. The minimum Gasteiger partial charge on any atom is -0.464 e. The van der Waals surface area contributed by atoms with Crippen molar-refractivity contribution >= 4 is 28.4 Å². The molecule has 13 nitrogen and oxygen atoms in total. The third-order valence-electron chi connectivity index (χ3n) is 8.27. The van der Waals surface area contributed by atoms with Crippen LogP contribution in [-0.4, -0.2) is 94.4 Å². The molecule has 2 aliphatic rings. The summed E-state index contributed by atoms with van der Waals surface area (Å²) in [6, 6.07) is -1.50. The van der Waals surface area contributed by atoms with E-state index in [4.69, 9.17) is 5.11 Å². The highest BCUT2D eigenvalue weighted by Gasteiger charge is 2.60. The Bertz CT molecular complexity index is 927. The second-order valence-electron chi connectivity index (χ2n) is 10.9. The fraction of sp³-hybridized carbons (Fsp3) is 0.880. The number of carboxylic acid groups (broad SMARTS) is 1. The van der Waals surface area contributed by atoms with Crippen LogP contribution in [0, 0.1) is 0 Å². The molecular weight excluding hydrogens is 530 g/mol. The van der Waals surface area contributed by atoms with Crippen LogP contribution in [0.5, 0.6) is 0 Å². The maximum atomic E-state index is 13.8. The molecule has 2 aliphatic heterocycles. The molecule has 1 unspecified atom stereocenters. The molecule has 0 aromatic heterocycles. The van der Waals surface area contributed by atoms with E-state index in [2.05, 4.69) is 37.4 Å². The average molecular weight is 579 g/mol. The van der Waals surface area contributed by atoms with Gasteiger partial charge in [-0.3, -0.25) is 14.8 Å². The lowest BCUT2D eigenvalue weighted by molar-refractivity contribution is -0.953. The predicted octanol–water partition coefficient (Wildman–Crippen LogP) is 3.43. The van der Waals surface area contributed by atoms with Gasteiger partial charge in [0.2, 0.25) is 0 Å². The van der Waals surface area contributed by atoms with Gasteiger partial charge in [0.25, 0.3) is 5.91 Å². The Hall–Kier alpha value is -2.16. The smallest absolute Gasteiger partial charge is 0.423 e. The number of carbonyl (C=O) groups excluding carboxylic acids is 2. The number of nitrogens with zero attached hydrogens (tertiary/aromatic N) is 3. The molecule has 226 valence electrons. The number of rotatable bonds is 17. The van der Waals surface area contributed by atoms with Crippen molar-refractivity contribution in [3.63, 3.8) is 0 Å². The van der Waals surface area contributed by atoms with E-state index in [0.717, 1.165) is 75.5 Å². The number of hydroxylamine groups is 2. The summed E-state index contributed by atoms with van der Waals surface area (Å²) in [7, 11) is -4.96. The highest BCUT2D eigenvalue weighted by molar-refractivity contribution is 7.80. The zero-order valence-corrected chi connectivity index (χ0v) is 24.7. The van der Waals surface area contributed by atoms with Gasteiger partial charge in [-0.2, -0.15) is 13.5 Å². The molecule has 0 saturated carbocycles. The summed E-state index contributed by atoms with van der Waals surface area (Å²) in [6.07, 6.45) is 7.12. The van der Waals surface area contributed by atoms with Crippen LogP contribution in [0.15, 0.2) is 0 Å². The number of amides is 4. The highest BCUT2D eigenvalue weighted by atomic mass is 32.3. The molecule has 0 spiro atoms. The molecule has 0 aliphatic carbocycles. The molecule has 0 aromatic carbocycles. The van der Waals surface area contributed by atoms with Crippen LogP contribution in [0.2, 0.25) is 0 Å². The third kappa shape index (κ3) is 8.18. The summed E-state index contributed by atoms with van der Waals surface area (Å²) in [4.78, 5) is 39.8. The van der Waals surface area contributed by atoms with Crippen LogP contribution in [0.4, 0.5) is 9.59 Å². The average Bonchev–Trinajstić information content (AvgIpc) is 3.13. The Balaban J connectivity index is 2.58. The quantitative estimate of drug-likeness (QED) is 0.116. The molecule has 2 rings (SSSR count). The SMILES string of the molecule is CCCC[N+](CCCC)(CCCC)C(CCC)C[C@]1(C(=O)NNC(=O)O)CC[C@@H]2CN1C(=O)N2OS(=O)(=O)O. The van der Waals surface area contributed by atoms with Crippen molar-refractivity contribution in [3.8, 4) is 0 Å². The molecule has 39 heavy (non-hydrogen) atoms. The van der Waals surface area contributed by atoms with E-state index in [-0.39, 0.29) is 25.4 Å². The monoisotopic (exact) mass is 578 g/mol. The first-order valence-corrected chi connectivity index (χ1v) is 15.7.